The second-order valence-electron chi connectivity index (χ2n) is 7.03. The number of benzene rings is 2. The van der Waals surface area contributed by atoms with Crippen LogP contribution in [0.2, 0.25) is 0 Å². The summed E-state index contributed by atoms with van der Waals surface area (Å²) in [7, 11) is 1.67. The molecule has 1 aliphatic rings. The SMILES string of the molecule is COc1ccc(N2CCN(Cc3nc(N)nc(Nc4ccc(F)cc4)n3)CC2)cc1. The maximum absolute atomic E-state index is 13.1. The fourth-order valence-corrected chi connectivity index (χ4v) is 3.38. The molecule has 0 aliphatic carbocycles. The minimum absolute atomic E-state index is 0.154. The largest absolute Gasteiger partial charge is 0.497 e. The summed E-state index contributed by atoms with van der Waals surface area (Å²) in [5.74, 6) is 1.66. The van der Waals surface area contributed by atoms with Crippen LogP contribution >= 0.6 is 0 Å². The molecule has 1 aliphatic heterocycles. The molecule has 0 amide bonds. The Labute approximate surface area is 174 Å². The molecule has 4 rings (SSSR count). The number of hydrogen-bond acceptors (Lipinski definition) is 8. The highest BCUT2D eigenvalue weighted by atomic mass is 19.1. The average molecular weight is 409 g/mol. The van der Waals surface area contributed by atoms with Gasteiger partial charge in [-0.05, 0) is 48.5 Å². The number of piperazine rings is 1. The summed E-state index contributed by atoms with van der Waals surface area (Å²) in [5.41, 5.74) is 7.73. The van der Waals surface area contributed by atoms with E-state index in [1.807, 2.05) is 12.1 Å². The zero-order chi connectivity index (χ0) is 20.9. The molecule has 0 saturated carbocycles. The maximum atomic E-state index is 13.1. The lowest BCUT2D eigenvalue weighted by Crippen LogP contribution is -2.46. The van der Waals surface area contributed by atoms with Gasteiger partial charge in [-0.1, -0.05) is 0 Å². The van der Waals surface area contributed by atoms with Crippen molar-refractivity contribution in [3.63, 3.8) is 0 Å². The highest BCUT2D eigenvalue weighted by molar-refractivity contribution is 5.53. The number of hydrogen-bond donors (Lipinski definition) is 2. The molecule has 30 heavy (non-hydrogen) atoms. The molecule has 0 spiro atoms. The van der Waals surface area contributed by atoms with Crippen LogP contribution in [-0.4, -0.2) is 53.1 Å². The summed E-state index contributed by atoms with van der Waals surface area (Å²) >= 11 is 0. The van der Waals surface area contributed by atoms with Gasteiger partial charge in [0.05, 0.1) is 13.7 Å². The Morgan fingerprint density at radius 3 is 2.33 bits per heavy atom. The lowest BCUT2D eigenvalue weighted by atomic mass is 10.2. The maximum Gasteiger partial charge on any atom is 0.232 e. The molecule has 8 nitrogen and oxygen atoms in total. The zero-order valence-corrected chi connectivity index (χ0v) is 16.8. The van der Waals surface area contributed by atoms with Crippen molar-refractivity contribution in [2.45, 2.75) is 6.54 Å². The number of nitrogens with one attached hydrogen (secondary N) is 1. The van der Waals surface area contributed by atoms with Gasteiger partial charge in [-0.15, -0.1) is 0 Å². The second kappa shape index (κ2) is 8.91. The molecule has 1 saturated heterocycles. The third-order valence-corrected chi connectivity index (χ3v) is 4.97. The number of aromatic nitrogens is 3. The molecule has 9 heteroatoms. The van der Waals surface area contributed by atoms with E-state index in [0.717, 1.165) is 31.9 Å². The Morgan fingerprint density at radius 1 is 0.967 bits per heavy atom. The number of nitrogens with zero attached hydrogens (tertiary/aromatic N) is 5. The number of nitrogen functional groups attached to an aromatic ring is 1. The van der Waals surface area contributed by atoms with Crippen LogP contribution in [0.25, 0.3) is 0 Å². The zero-order valence-electron chi connectivity index (χ0n) is 16.8. The van der Waals surface area contributed by atoms with E-state index in [2.05, 4.69) is 42.2 Å². The van der Waals surface area contributed by atoms with Crippen LogP contribution in [-0.2, 0) is 6.54 Å². The summed E-state index contributed by atoms with van der Waals surface area (Å²) in [6.45, 7) is 4.18. The molecule has 1 fully saturated rings. The fraction of sp³-hybridized carbons (Fsp3) is 0.286. The van der Waals surface area contributed by atoms with Crippen LogP contribution < -0.4 is 20.7 Å². The summed E-state index contributed by atoms with van der Waals surface area (Å²) < 4.78 is 18.3. The Balaban J connectivity index is 1.36. The minimum atomic E-state index is -0.301. The molecule has 0 unspecified atom stereocenters. The third-order valence-electron chi connectivity index (χ3n) is 4.97. The molecule has 0 radical (unpaired) electrons. The van der Waals surface area contributed by atoms with Gasteiger partial charge >= 0.3 is 0 Å². The summed E-state index contributed by atoms with van der Waals surface area (Å²) in [6.07, 6.45) is 0. The van der Waals surface area contributed by atoms with E-state index in [9.17, 15) is 4.39 Å². The van der Waals surface area contributed by atoms with E-state index < -0.39 is 0 Å². The van der Waals surface area contributed by atoms with Crippen molar-refractivity contribution in [3.05, 3.63) is 60.2 Å². The minimum Gasteiger partial charge on any atom is -0.497 e. The van der Waals surface area contributed by atoms with Gasteiger partial charge in [0.15, 0.2) is 0 Å². The highest BCUT2D eigenvalue weighted by Gasteiger charge is 2.19. The Kier molecular flexibility index (Phi) is 5.89. The summed E-state index contributed by atoms with van der Waals surface area (Å²) in [6, 6.07) is 14.1. The van der Waals surface area contributed by atoms with E-state index in [-0.39, 0.29) is 11.8 Å². The highest BCUT2D eigenvalue weighted by Crippen LogP contribution is 2.21. The van der Waals surface area contributed by atoms with Gasteiger partial charge in [-0.2, -0.15) is 15.0 Å². The summed E-state index contributed by atoms with van der Waals surface area (Å²) in [5, 5.41) is 3.04. The van der Waals surface area contributed by atoms with Crippen LogP contribution in [0.5, 0.6) is 5.75 Å². The topological polar surface area (TPSA) is 92.4 Å². The smallest absolute Gasteiger partial charge is 0.232 e. The lowest BCUT2D eigenvalue weighted by Gasteiger charge is -2.35. The third kappa shape index (κ3) is 4.93. The predicted octanol–water partition coefficient (Wildman–Crippen LogP) is 2.67. The first-order valence-corrected chi connectivity index (χ1v) is 9.73. The number of methoxy groups -OCH3 is 1. The van der Waals surface area contributed by atoms with Crippen molar-refractivity contribution in [2.75, 3.05) is 49.2 Å². The first-order valence-electron chi connectivity index (χ1n) is 9.73. The van der Waals surface area contributed by atoms with Crippen LogP contribution in [0, 0.1) is 5.82 Å². The van der Waals surface area contributed by atoms with Crippen molar-refractivity contribution >= 4 is 23.3 Å². The lowest BCUT2D eigenvalue weighted by molar-refractivity contribution is 0.244. The number of anilines is 4. The Hall–Kier alpha value is -3.46. The van der Waals surface area contributed by atoms with Crippen molar-refractivity contribution < 1.29 is 9.13 Å². The molecule has 0 bridgehead atoms. The van der Waals surface area contributed by atoms with Crippen molar-refractivity contribution in [3.8, 4) is 5.75 Å². The molecular weight excluding hydrogens is 385 g/mol. The van der Waals surface area contributed by atoms with Crippen molar-refractivity contribution in [1.82, 2.24) is 19.9 Å². The Morgan fingerprint density at radius 2 is 1.67 bits per heavy atom. The monoisotopic (exact) mass is 409 g/mol. The average Bonchev–Trinajstić information content (AvgIpc) is 2.76. The van der Waals surface area contributed by atoms with Crippen LogP contribution in [0.4, 0.5) is 27.7 Å². The van der Waals surface area contributed by atoms with Crippen LogP contribution in [0.15, 0.2) is 48.5 Å². The first kappa shape index (κ1) is 19.8. The second-order valence-corrected chi connectivity index (χ2v) is 7.03. The normalized spacial score (nSPS) is 14.5. The number of halogens is 1. The van der Waals surface area contributed by atoms with Crippen molar-refractivity contribution in [2.24, 2.45) is 0 Å². The van der Waals surface area contributed by atoms with E-state index in [0.29, 0.717) is 24.0 Å². The molecule has 3 N–H and O–H groups in total. The van der Waals surface area contributed by atoms with Gasteiger partial charge in [0.1, 0.15) is 17.4 Å². The van der Waals surface area contributed by atoms with E-state index in [4.69, 9.17) is 10.5 Å². The molecule has 156 valence electrons. The van der Waals surface area contributed by atoms with Crippen LogP contribution in [0.3, 0.4) is 0 Å². The standard InChI is InChI=1S/C21H24FN7O/c1-30-18-8-6-17(7-9-18)29-12-10-28(11-13-29)14-19-25-20(23)27-21(26-19)24-16-4-2-15(22)3-5-16/h2-9H,10-14H2,1H3,(H3,23,24,25,26,27). The Bertz CT molecular complexity index is 974. The molecule has 2 aromatic carbocycles. The summed E-state index contributed by atoms with van der Waals surface area (Å²) in [4.78, 5) is 17.5. The van der Waals surface area contributed by atoms with Gasteiger partial charge in [0, 0.05) is 37.6 Å². The quantitative estimate of drug-likeness (QED) is 0.642. The molecule has 0 atom stereocenters. The van der Waals surface area contributed by atoms with Gasteiger partial charge in [0.25, 0.3) is 0 Å². The number of ether oxygens (including phenoxy) is 1. The molecule has 1 aromatic heterocycles. The van der Waals surface area contributed by atoms with Gasteiger partial charge < -0.3 is 20.7 Å². The number of nitrogens with two attached hydrogens (primary N) is 1. The van der Waals surface area contributed by atoms with Gasteiger partial charge in [-0.25, -0.2) is 4.39 Å². The fourth-order valence-electron chi connectivity index (χ4n) is 3.38. The molecular formula is C21H24FN7O. The predicted molar refractivity (Wildman–Crippen MR) is 114 cm³/mol. The molecule has 3 aromatic rings. The van der Waals surface area contributed by atoms with Crippen molar-refractivity contribution in [1.29, 1.82) is 0 Å². The van der Waals surface area contributed by atoms with E-state index in [1.165, 1.54) is 17.8 Å². The number of rotatable bonds is 6. The van der Waals surface area contributed by atoms with Gasteiger partial charge in [0.2, 0.25) is 11.9 Å². The first-order chi connectivity index (χ1) is 14.6. The van der Waals surface area contributed by atoms with Crippen LogP contribution in [0.1, 0.15) is 5.82 Å². The molecule has 2 heterocycles. The van der Waals surface area contributed by atoms with E-state index >= 15 is 0 Å². The van der Waals surface area contributed by atoms with Gasteiger partial charge in [-0.3, -0.25) is 4.90 Å². The van der Waals surface area contributed by atoms with E-state index in [1.54, 1.807) is 19.2 Å².